The molecule has 0 aliphatic carbocycles. The van der Waals surface area contributed by atoms with Gasteiger partial charge in [0.25, 0.3) is 5.91 Å². The molecule has 1 aliphatic rings. The number of thiophene rings is 1. The van der Waals surface area contributed by atoms with Crippen LogP contribution in [0.3, 0.4) is 0 Å². The predicted octanol–water partition coefficient (Wildman–Crippen LogP) is 0.962. The average Bonchev–Trinajstić information content (AvgIpc) is 2.95. The topological polar surface area (TPSA) is 83.6 Å². The molecule has 1 atom stereocenters. The van der Waals surface area contributed by atoms with Crippen molar-refractivity contribution in [2.24, 2.45) is 5.73 Å². The Balaban J connectivity index is 2.12. The van der Waals surface area contributed by atoms with E-state index in [2.05, 4.69) is 11.8 Å². The fourth-order valence-corrected chi connectivity index (χ4v) is 3.17. The van der Waals surface area contributed by atoms with Crippen molar-refractivity contribution in [2.45, 2.75) is 31.7 Å². The normalized spacial score (nSPS) is 18.0. The van der Waals surface area contributed by atoms with Crippen LogP contribution in [0.1, 0.15) is 40.2 Å². The lowest BCUT2D eigenvalue weighted by Gasteiger charge is -2.33. The zero-order valence-electron chi connectivity index (χ0n) is 11.7. The molecule has 1 unspecified atom stereocenters. The molecule has 0 spiro atoms. The summed E-state index contributed by atoms with van der Waals surface area (Å²) in [4.78, 5) is 26.9. The van der Waals surface area contributed by atoms with Crippen LogP contribution in [0.5, 0.6) is 0 Å². The Bertz CT molecular complexity index is 585. The second kappa shape index (κ2) is 7.25. The van der Waals surface area contributed by atoms with Gasteiger partial charge in [-0.1, -0.05) is 11.8 Å². The third-order valence-electron chi connectivity index (χ3n) is 3.36. The van der Waals surface area contributed by atoms with Crippen LogP contribution in [0.2, 0.25) is 0 Å². The van der Waals surface area contributed by atoms with Crippen LogP contribution >= 0.6 is 11.3 Å². The van der Waals surface area contributed by atoms with Gasteiger partial charge in [0.05, 0.1) is 16.4 Å². The number of aliphatic hydroxyl groups is 1. The van der Waals surface area contributed by atoms with Crippen LogP contribution in [-0.2, 0) is 4.79 Å². The van der Waals surface area contributed by atoms with Crippen LogP contribution in [0.4, 0.5) is 0 Å². The van der Waals surface area contributed by atoms with Gasteiger partial charge in [0.2, 0.25) is 5.91 Å². The molecule has 21 heavy (non-hydrogen) atoms. The van der Waals surface area contributed by atoms with E-state index in [9.17, 15) is 9.59 Å². The highest BCUT2D eigenvalue weighted by molar-refractivity contribution is 7.14. The Kier molecular flexibility index (Phi) is 5.37. The van der Waals surface area contributed by atoms with Gasteiger partial charge in [-0.15, -0.1) is 11.3 Å². The molecule has 0 aromatic carbocycles. The van der Waals surface area contributed by atoms with Crippen LogP contribution in [0.25, 0.3) is 0 Å². The van der Waals surface area contributed by atoms with Gasteiger partial charge >= 0.3 is 0 Å². The lowest BCUT2D eigenvalue weighted by atomic mass is 10.0. The maximum Gasteiger partial charge on any atom is 0.264 e. The number of hydrogen-bond acceptors (Lipinski definition) is 4. The van der Waals surface area contributed by atoms with Crippen molar-refractivity contribution >= 4 is 23.2 Å². The molecule has 5 nitrogen and oxygen atoms in total. The Hall–Kier alpha value is -1.84. The van der Waals surface area contributed by atoms with Gasteiger partial charge in [-0.3, -0.25) is 9.59 Å². The van der Waals surface area contributed by atoms with Crippen molar-refractivity contribution in [1.29, 1.82) is 0 Å². The lowest BCUT2D eigenvalue weighted by Crippen LogP contribution is -2.50. The number of hydrogen-bond donors (Lipinski definition) is 2. The standard InChI is InChI=1S/C15H18N2O3S/c16-14(19)12-6-1-3-9-17(12)15(20)13-8-7-11(21-13)5-2-4-10-18/h7-8,12,18H,1,3-4,6,9-10H2,(H2,16,19). The van der Waals surface area contributed by atoms with Gasteiger partial charge in [0, 0.05) is 13.0 Å². The number of piperidine rings is 1. The van der Waals surface area contributed by atoms with Crippen molar-refractivity contribution < 1.29 is 14.7 Å². The summed E-state index contributed by atoms with van der Waals surface area (Å²) in [6.07, 6.45) is 2.86. The summed E-state index contributed by atoms with van der Waals surface area (Å²) < 4.78 is 0. The third kappa shape index (κ3) is 3.84. The molecule has 2 rings (SSSR count). The Morgan fingerprint density at radius 2 is 2.24 bits per heavy atom. The first-order valence-electron chi connectivity index (χ1n) is 6.93. The molecular formula is C15H18N2O3S. The highest BCUT2D eigenvalue weighted by Crippen LogP contribution is 2.23. The number of primary amides is 1. The quantitative estimate of drug-likeness (QED) is 0.816. The highest BCUT2D eigenvalue weighted by atomic mass is 32.1. The summed E-state index contributed by atoms with van der Waals surface area (Å²) in [5.41, 5.74) is 5.38. The van der Waals surface area contributed by atoms with Crippen molar-refractivity contribution in [2.75, 3.05) is 13.2 Å². The molecule has 1 saturated heterocycles. The summed E-state index contributed by atoms with van der Waals surface area (Å²) >= 11 is 1.30. The van der Waals surface area contributed by atoms with Crippen molar-refractivity contribution in [1.82, 2.24) is 4.90 Å². The van der Waals surface area contributed by atoms with Crippen molar-refractivity contribution in [3.05, 3.63) is 21.9 Å². The van der Waals surface area contributed by atoms with E-state index in [1.807, 2.05) is 0 Å². The molecule has 6 heteroatoms. The van der Waals surface area contributed by atoms with Gasteiger partial charge in [0.1, 0.15) is 6.04 Å². The van der Waals surface area contributed by atoms with Crippen molar-refractivity contribution in [3.63, 3.8) is 0 Å². The van der Waals surface area contributed by atoms with E-state index in [0.717, 1.165) is 17.7 Å². The maximum atomic E-state index is 12.5. The minimum atomic E-state index is -0.503. The fourth-order valence-electron chi connectivity index (χ4n) is 2.34. The SMILES string of the molecule is NC(=O)C1CCCCN1C(=O)c1ccc(C#CCCO)s1. The summed E-state index contributed by atoms with van der Waals surface area (Å²) in [7, 11) is 0. The van der Waals surface area contributed by atoms with Gasteiger partial charge in [-0.25, -0.2) is 0 Å². The zero-order chi connectivity index (χ0) is 15.2. The Morgan fingerprint density at radius 1 is 1.43 bits per heavy atom. The molecule has 1 aromatic heterocycles. The molecule has 2 amide bonds. The second-order valence-electron chi connectivity index (χ2n) is 4.85. The van der Waals surface area contributed by atoms with Gasteiger partial charge in [0.15, 0.2) is 0 Å². The fraction of sp³-hybridized carbons (Fsp3) is 0.467. The first-order chi connectivity index (χ1) is 10.1. The Morgan fingerprint density at radius 3 is 2.95 bits per heavy atom. The minimum Gasteiger partial charge on any atom is -0.395 e. The number of aliphatic hydroxyl groups excluding tert-OH is 1. The van der Waals surface area contributed by atoms with E-state index in [1.165, 1.54) is 11.3 Å². The van der Waals surface area contributed by atoms with E-state index in [1.54, 1.807) is 17.0 Å². The summed E-state index contributed by atoms with van der Waals surface area (Å²) in [6.45, 7) is 0.591. The van der Waals surface area contributed by atoms with Crippen LogP contribution in [0, 0.1) is 11.8 Å². The van der Waals surface area contributed by atoms with Gasteiger partial charge in [-0.2, -0.15) is 0 Å². The van der Waals surface area contributed by atoms with E-state index in [-0.39, 0.29) is 12.5 Å². The first kappa shape index (κ1) is 15.5. The number of likely N-dealkylation sites (tertiary alicyclic amines) is 1. The maximum absolute atomic E-state index is 12.5. The van der Waals surface area contributed by atoms with E-state index in [0.29, 0.717) is 24.3 Å². The molecule has 0 bridgehead atoms. The number of carbonyl (C=O) groups is 2. The molecule has 1 aromatic rings. The molecule has 2 heterocycles. The summed E-state index contributed by atoms with van der Waals surface area (Å²) in [5, 5.41) is 8.69. The summed E-state index contributed by atoms with van der Waals surface area (Å²) in [5.74, 6) is 5.13. The average molecular weight is 306 g/mol. The number of amides is 2. The minimum absolute atomic E-state index is 0.0260. The molecule has 0 saturated carbocycles. The molecular weight excluding hydrogens is 288 g/mol. The van der Waals surface area contributed by atoms with Crippen LogP contribution in [-0.4, -0.2) is 41.0 Å². The van der Waals surface area contributed by atoms with Gasteiger partial charge < -0.3 is 15.7 Å². The molecule has 112 valence electrons. The zero-order valence-corrected chi connectivity index (χ0v) is 12.5. The summed E-state index contributed by atoms with van der Waals surface area (Å²) in [6, 6.07) is 3.01. The van der Waals surface area contributed by atoms with Crippen LogP contribution < -0.4 is 5.73 Å². The van der Waals surface area contributed by atoms with Crippen molar-refractivity contribution in [3.8, 4) is 11.8 Å². The highest BCUT2D eigenvalue weighted by Gasteiger charge is 2.31. The van der Waals surface area contributed by atoms with Crippen LogP contribution in [0.15, 0.2) is 12.1 Å². The van der Waals surface area contributed by atoms with E-state index in [4.69, 9.17) is 10.8 Å². The number of nitrogens with two attached hydrogens (primary N) is 1. The largest absolute Gasteiger partial charge is 0.395 e. The molecule has 1 aliphatic heterocycles. The Labute approximate surface area is 127 Å². The van der Waals surface area contributed by atoms with Gasteiger partial charge in [-0.05, 0) is 31.4 Å². The number of rotatable bonds is 3. The first-order valence-corrected chi connectivity index (χ1v) is 7.75. The monoisotopic (exact) mass is 306 g/mol. The predicted molar refractivity (Wildman–Crippen MR) is 80.8 cm³/mol. The lowest BCUT2D eigenvalue weighted by molar-refractivity contribution is -0.123. The van der Waals surface area contributed by atoms with E-state index < -0.39 is 11.9 Å². The van der Waals surface area contributed by atoms with E-state index >= 15 is 0 Å². The second-order valence-corrected chi connectivity index (χ2v) is 5.94. The molecule has 1 fully saturated rings. The number of carbonyl (C=O) groups excluding carboxylic acids is 2. The third-order valence-corrected chi connectivity index (χ3v) is 4.35. The smallest absolute Gasteiger partial charge is 0.264 e. The molecule has 0 radical (unpaired) electrons. The number of nitrogens with zero attached hydrogens (tertiary/aromatic N) is 1. The molecule has 3 N–H and O–H groups in total.